The fourth-order valence-corrected chi connectivity index (χ4v) is 1.85. The maximum Gasteiger partial charge on any atom is 0.220 e. The Morgan fingerprint density at radius 1 is 1.53 bits per heavy atom. The van der Waals surface area contributed by atoms with Crippen molar-refractivity contribution in [2.24, 2.45) is 0 Å². The molecule has 80 valence electrons. The van der Waals surface area contributed by atoms with Gasteiger partial charge in [-0.1, -0.05) is 6.07 Å². The van der Waals surface area contributed by atoms with Gasteiger partial charge in [0.15, 0.2) is 0 Å². The summed E-state index contributed by atoms with van der Waals surface area (Å²) >= 11 is 0. The van der Waals surface area contributed by atoms with E-state index in [1.807, 2.05) is 18.2 Å². The van der Waals surface area contributed by atoms with Crippen LogP contribution in [-0.2, 0) is 4.79 Å². The number of nitrogens with one attached hydrogen (secondary N) is 1. The smallest absolute Gasteiger partial charge is 0.220 e. The number of carbonyl (C=O) groups is 1. The molecule has 1 heterocycles. The summed E-state index contributed by atoms with van der Waals surface area (Å²) in [5.74, 6) is 1.02. The molecule has 1 saturated heterocycles. The predicted molar refractivity (Wildman–Crippen MR) is 57.8 cm³/mol. The van der Waals surface area contributed by atoms with E-state index in [1.165, 1.54) is 0 Å². The third-order valence-electron chi connectivity index (χ3n) is 2.70. The van der Waals surface area contributed by atoms with Crippen molar-refractivity contribution in [2.75, 3.05) is 19.4 Å². The number of amides is 1. The Balaban J connectivity index is 2.22. The lowest BCUT2D eigenvalue weighted by molar-refractivity contribution is -0.119. The average molecular weight is 206 g/mol. The van der Waals surface area contributed by atoms with Crippen LogP contribution in [-0.4, -0.2) is 19.6 Å². The molecule has 1 atom stereocenters. The van der Waals surface area contributed by atoms with Crippen molar-refractivity contribution in [1.29, 1.82) is 0 Å². The average Bonchev–Trinajstić information content (AvgIpc) is 2.65. The van der Waals surface area contributed by atoms with Crippen LogP contribution in [0.4, 0.5) is 5.69 Å². The summed E-state index contributed by atoms with van der Waals surface area (Å²) in [4.78, 5) is 11.1. The second-order valence-corrected chi connectivity index (χ2v) is 3.71. The normalized spacial score (nSPS) is 20.1. The minimum Gasteiger partial charge on any atom is -0.495 e. The Labute approximate surface area is 88.4 Å². The molecule has 1 amide bonds. The molecule has 4 heteroatoms. The number of rotatable bonds is 2. The fourth-order valence-electron chi connectivity index (χ4n) is 1.85. The molecule has 2 rings (SSSR count). The highest BCUT2D eigenvalue weighted by molar-refractivity contribution is 5.79. The highest BCUT2D eigenvalue weighted by Gasteiger charge is 2.23. The molecule has 0 spiro atoms. The summed E-state index contributed by atoms with van der Waals surface area (Å²) in [6, 6.07) is 5.68. The van der Waals surface area contributed by atoms with Crippen LogP contribution in [0.3, 0.4) is 0 Å². The minimum atomic E-state index is 0.106. The van der Waals surface area contributed by atoms with E-state index < -0.39 is 0 Å². The van der Waals surface area contributed by atoms with Gasteiger partial charge in [0.2, 0.25) is 5.91 Å². The van der Waals surface area contributed by atoms with E-state index in [1.54, 1.807) is 7.11 Å². The van der Waals surface area contributed by atoms with Gasteiger partial charge in [-0.25, -0.2) is 0 Å². The Hall–Kier alpha value is -1.71. The van der Waals surface area contributed by atoms with Crippen molar-refractivity contribution in [3.63, 3.8) is 0 Å². The lowest BCUT2D eigenvalue weighted by atomic mass is 9.97. The van der Waals surface area contributed by atoms with Gasteiger partial charge < -0.3 is 15.8 Å². The van der Waals surface area contributed by atoms with E-state index in [0.29, 0.717) is 24.4 Å². The molecular formula is C11H14N2O2. The van der Waals surface area contributed by atoms with Crippen LogP contribution < -0.4 is 15.8 Å². The quantitative estimate of drug-likeness (QED) is 0.706. The number of hydrogen-bond acceptors (Lipinski definition) is 3. The summed E-state index contributed by atoms with van der Waals surface area (Å²) in [5.41, 5.74) is 7.51. The number of hydrogen-bond donors (Lipinski definition) is 2. The molecule has 1 aliphatic rings. The second kappa shape index (κ2) is 3.81. The van der Waals surface area contributed by atoms with Crippen LogP contribution >= 0.6 is 0 Å². The first-order valence-electron chi connectivity index (χ1n) is 4.91. The first-order valence-corrected chi connectivity index (χ1v) is 4.91. The number of anilines is 1. The predicted octanol–water partition coefficient (Wildman–Crippen LogP) is 0.881. The lowest BCUT2D eigenvalue weighted by Crippen LogP contribution is -2.13. The highest BCUT2D eigenvalue weighted by atomic mass is 16.5. The number of carbonyl (C=O) groups excluding carboxylic acids is 1. The Bertz CT molecular complexity index is 390. The van der Waals surface area contributed by atoms with Gasteiger partial charge in [-0.3, -0.25) is 4.79 Å². The van der Waals surface area contributed by atoms with Crippen molar-refractivity contribution < 1.29 is 9.53 Å². The molecule has 1 aromatic carbocycles. The van der Waals surface area contributed by atoms with Gasteiger partial charge in [0.05, 0.1) is 12.8 Å². The summed E-state index contributed by atoms with van der Waals surface area (Å²) in [5, 5.41) is 2.81. The minimum absolute atomic E-state index is 0.106. The molecule has 0 saturated carbocycles. The van der Waals surface area contributed by atoms with Crippen molar-refractivity contribution in [2.45, 2.75) is 12.3 Å². The van der Waals surface area contributed by atoms with Crippen LogP contribution in [0.2, 0.25) is 0 Å². The number of benzene rings is 1. The van der Waals surface area contributed by atoms with Crippen LogP contribution in [0.25, 0.3) is 0 Å². The molecule has 0 unspecified atom stereocenters. The van der Waals surface area contributed by atoms with E-state index in [9.17, 15) is 4.79 Å². The number of nitrogen functional groups attached to an aromatic ring is 1. The van der Waals surface area contributed by atoms with Crippen molar-refractivity contribution in [3.8, 4) is 5.75 Å². The van der Waals surface area contributed by atoms with E-state index in [2.05, 4.69) is 5.32 Å². The maximum atomic E-state index is 11.1. The van der Waals surface area contributed by atoms with E-state index in [-0.39, 0.29) is 11.8 Å². The lowest BCUT2D eigenvalue weighted by Gasteiger charge is -2.10. The molecule has 0 aromatic heterocycles. The maximum absolute atomic E-state index is 11.1. The molecule has 3 N–H and O–H groups in total. The Morgan fingerprint density at radius 2 is 2.33 bits per heavy atom. The van der Waals surface area contributed by atoms with Crippen molar-refractivity contribution in [1.82, 2.24) is 5.32 Å². The molecule has 0 bridgehead atoms. The summed E-state index contributed by atoms with van der Waals surface area (Å²) < 4.78 is 5.08. The topological polar surface area (TPSA) is 64.3 Å². The number of methoxy groups -OCH3 is 1. The van der Waals surface area contributed by atoms with Crippen LogP contribution in [0.1, 0.15) is 17.9 Å². The largest absolute Gasteiger partial charge is 0.495 e. The second-order valence-electron chi connectivity index (χ2n) is 3.71. The molecule has 4 nitrogen and oxygen atoms in total. The van der Waals surface area contributed by atoms with Gasteiger partial charge in [0.1, 0.15) is 5.75 Å². The molecule has 1 fully saturated rings. The van der Waals surface area contributed by atoms with Crippen molar-refractivity contribution >= 4 is 11.6 Å². The zero-order valence-electron chi connectivity index (χ0n) is 8.62. The molecule has 0 radical (unpaired) electrons. The third kappa shape index (κ3) is 1.88. The zero-order chi connectivity index (χ0) is 10.8. The van der Waals surface area contributed by atoms with Gasteiger partial charge in [0, 0.05) is 18.9 Å². The number of nitrogens with two attached hydrogens (primary N) is 1. The van der Waals surface area contributed by atoms with Gasteiger partial charge in [0.25, 0.3) is 0 Å². The molecule has 1 aliphatic heterocycles. The summed E-state index contributed by atoms with van der Waals surface area (Å²) in [7, 11) is 1.59. The monoisotopic (exact) mass is 206 g/mol. The molecule has 1 aromatic rings. The van der Waals surface area contributed by atoms with E-state index in [0.717, 1.165) is 5.56 Å². The molecule has 0 aliphatic carbocycles. The van der Waals surface area contributed by atoms with Crippen LogP contribution in [0.5, 0.6) is 5.75 Å². The third-order valence-corrected chi connectivity index (χ3v) is 2.70. The van der Waals surface area contributed by atoms with Gasteiger partial charge in [-0.2, -0.15) is 0 Å². The first kappa shape index (κ1) is 9.83. The summed E-state index contributed by atoms with van der Waals surface area (Å²) in [6.07, 6.45) is 0.547. The zero-order valence-corrected chi connectivity index (χ0v) is 8.62. The van der Waals surface area contributed by atoms with E-state index in [4.69, 9.17) is 10.5 Å². The molecule has 15 heavy (non-hydrogen) atoms. The first-order chi connectivity index (χ1) is 7.20. The van der Waals surface area contributed by atoms with Crippen LogP contribution in [0.15, 0.2) is 18.2 Å². The standard InChI is InChI=1S/C11H14N2O2/c1-15-10-3-2-7(4-9(10)12)8-5-11(14)13-6-8/h2-4,8H,5-6,12H2,1H3,(H,13,14)/t8-/m0/s1. The van der Waals surface area contributed by atoms with E-state index >= 15 is 0 Å². The van der Waals surface area contributed by atoms with Gasteiger partial charge in [-0.05, 0) is 17.7 Å². The van der Waals surface area contributed by atoms with Crippen LogP contribution in [0, 0.1) is 0 Å². The fraction of sp³-hybridized carbons (Fsp3) is 0.364. The molecular weight excluding hydrogens is 192 g/mol. The highest BCUT2D eigenvalue weighted by Crippen LogP contribution is 2.29. The van der Waals surface area contributed by atoms with Crippen molar-refractivity contribution in [3.05, 3.63) is 23.8 Å². The summed E-state index contributed by atoms with van der Waals surface area (Å²) in [6.45, 7) is 0.699. The number of ether oxygens (including phenoxy) is 1. The van der Waals surface area contributed by atoms with Gasteiger partial charge in [-0.15, -0.1) is 0 Å². The SMILES string of the molecule is COc1ccc([C@@H]2CNC(=O)C2)cc1N. The van der Waals surface area contributed by atoms with Gasteiger partial charge >= 0.3 is 0 Å². The Kier molecular flexibility index (Phi) is 2.49. The Morgan fingerprint density at radius 3 is 2.87 bits per heavy atom.